The first-order valence-corrected chi connectivity index (χ1v) is 9.60. The molecule has 0 saturated carbocycles. The predicted octanol–water partition coefficient (Wildman–Crippen LogP) is 1.37. The molecule has 28 heavy (non-hydrogen) atoms. The number of aromatic amines is 1. The summed E-state index contributed by atoms with van der Waals surface area (Å²) < 4.78 is 12.1. The van der Waals surface area contributed by atoms with Crippen LogP contribution in [0.25, 0.3) is 5.65 Å². The van der Waals surface area contributed by atoms with Gasteiger partial charge in [0.05, 0.1) is 25.2 Å². The molecule has 0 spiro atoms. The van der Waals surface area contributed by atoms with Crippen LogP contribution in [0.2, 0.25) is 0 Å². The van der Waals surface area contributed by atoms with Crippen molar-refractivity contribution in [2.75, 3.05) is 14.2 Å². The highest BCUT2D eigenvalue weighted by Crippen LogP contribution is 2.27. The largest absolute Gasteiger partial charge is 0.493 e. The first-order chi connectivity index (χ1) is 13.5. The second-order valence-corrected chi connectivity index (χ2v) is 7.29. The summed E-state index contributed by atoms with van der Waals surface area (Å²) in [6.07, 6.45) is 3.22. The van der Waals surface area contributed by atoms with Crippen molar-refractivity contribution in [1.29, 1.82) is 0 Å². The molecule has 2 heterocycles. The highest BCUT2D eigenvalue weighted by Gasteiger charge is 2.16. The summed E-state index contributed by atoms with van der Waals surface area (Å²) in [7, 11) is 3.15. The normalized spacial score (nSPS) is 12.0. The van der Waals surface area contributed by atoms with Crippen LogP contribution < -0.4 is 20.3 Å². The van der Waals surface area contributed by atoms with E-state index in [1.54, 1.807) is 30.9 Å². The Morgan fingerprint density at radius 3 is 2.82 bits per heavy atom. The third-order valence-corrected chi connectivity index (χ3v) is 5.29. The molecule has 1 unspecified atom stereocenters. The number of ether oxygens (including phenoxy) is 2. The molecule has 10 heteroatoms. The van der Waals surface area contributed by atoms with Crippen LogP contribution in [0.15, 0.2) is 35.4 Å². The maximum atomic E-state index is 12.4. The average molecular weight is 403 g/mol. The van der Waals surface area contributed by atoms with Gasteiger partial charge >= 0.3 is 0 Å². The van der Waals surface area contributed by atoms with E-state index in [-0.39, 0.29) is 22.4 Å². The third kappa shape index (κ3) is 4.28. The van der Waals surface area contributed by atoms with Gasteiger partial charge in [-0.3, -0.25) is 14.0 Å². The second-order valence-electron chi connectivity index (χ2n) is 5.96. The van der Waals surface area contributed by atoms with Gasteiger partial charge in [0.15, 0.2) is 11.5 Å². The number of nitrogens with zero attached hydrogens (tertiary/aromatic N) is 3. The molecule has 0 radical (unpaired) electrons. The van der Waals surface area contributed by atoms with Gasteiger partial charge in [-0.1, -0.05) is 6.07 Å². The van der Waals surface area contributed by atoms with E-state index in [1.807, 2.05) is 19.1 Å². The fourth-order valence-electron chi connectivity index (χ4n) is 2.58. The van der Waals surface area contributed by atoms with E-state index in [0.29, 0.717) is 29.6 Å². The SMILES string of the molecule is COc1ccc(CNC(=O)C(C)SCc2nnc3c(=O)[nH]ccn23)cc1OC. The van der Waals surface area contributed by atoms with Gasteiger partial charge in [-0.25, -0.2) is 0 Å². The van der Waals surface area contributed by atoms with Gasteiger partial charge in [0.1, 0.15) is 5.82 Å². The van der Waals surface area contributed by atoms with Crippen molar-refractivity contribution >= 4 is 23.3 Å². The Bertz CT molecular complexity index is 1030. The first kappa shape index (κ1) is 19.7. The monoisotopic (exact) mass is 403 g/mol. The lowest BCUT2D eigenvalue weighted by Gasteiger charge is -2.13. The minimum Gasteiger partial charge on any atom is -0.493 e. The van der Waals surface area contributed by atoms with Crippen LogP contribution in [-0.4, -0.2) is 45.0 Å². The van der Waals surface area contributed by atoms with E-state index in [0.717, 1.165) is 5.56 Å². The van der Waals surface area contributed by atoms with Gasteiger partial charge in [-0.05, 0) is 24.6 Å². The van der Waals surface area contributed by atoms with Crippen molar-refractivity contribution in [3.8, 4) is 11.5 Å². The Balaban J connectivity index is 1.56. The molecular weight excluding hydrogens is 382 g/mol. The molecule has 148 valence electrons. The van der Waals surface area contributed by atoms with Crippen LogP contribution >= 0.6 is 11.8 Å². The minimum absolute atomic E-state index is 0.0912. The van der Waals surface area contributed by atoms with Crippen molar-refractivity contribution in [1.82, 2.24) is 24.9 Å². The number of carbonyl (C=O) groups excluding carboxylic acids is 1. The smallest absolute Gasteiger partial charge is 0.293 e. The van der Waals surface area contributed by atoms with Crippen LogP contribution in [0.3, 0.4) is 0 Å². The molecule has 0 aliphatic carbocycles. The van der Waals surface area contributed by atoms with Crippen molar-refractivity contribution in [2.45, 2.75) is 24.5 Å². The topological polar surface area (TPSA) is 111 Å². The molecule has 3 aromatic rings. The lowest BCUT2D eigenvalue weighted by Crippen LogP contribution is -2.30. The Morgan fingerprint density at radius 1 is 1.29 bits per heavy atom. The molecular formula is C18H21N5O4S. The molecule has 9 nitrogen and oxygen atoms in total. The number of rotatable bonds is 8. The van der Waals surface area contributed by atoms with Crippen molar-refractivity contribution in [3.63, 3.8) is 0 Å². The standard InChI is InChI=1S/C18H21N5O4S/c1-11(28-10-15-21-22-16-18(25)19-6-7-23(15)16)17(24)20-9-12-4-5-13(26-2)14(8-12)27-3/h4-8,11H,9-10H2,1-3H3,(H,19,25)(H,20,24). The highest BCUT2D eigenvalue weighted by molar-refractivity contribution is 7.99. The molecule has 3 rings (SSSR count). The Hall–Kier alpha value is -3.01. The zero-order valence-corrected chi connectivity index (χ0v) is 16.6. The van der Waals surface area contributed by atoms with Crippen molar-refractivity contribution in [2.24, 2.45) is 0 Å². The van der Waals surface area contributed by atoms with Crippen LogP contribution in [0.5, 0.6) is 11.5 Å². The number of carbonyl (C=O) groups is 1. The number of H-pyrrole nitrogens is 1. The lowest BCUT2D eigenvalue weighted by molar-refractivity contribution is -0.120. The number of hydrogen-bond acceptors (Lipinski definition) is 7. The molecule has 0 fully saturated rings. The van der Waals surface area contributed by atoms with Gasteiger partial charge < -0.3 is 19.8 Å². The maximum absolute atomic E-state index is 12.4. The summed E-state index contributed by atoms with van der Waals surface area (Å²) >= 11 is 1.42. The maximum Gasteiger partial charge on any atom is 0.293 e. The molecule has 1 aromatic carbocycles. The summed E-state index contributed by atoms with van der Waals surface area (Å²) in [4.78, 5) is 26.6. The summed E-state index contributed by atoms with van der Waals surface area (Å²) in [6, 6.07) is 5.51. The van der Waals surface area contributed by atoms with Crippen LogP contribution in [-0.2, 0) is 17.1 Å². The quantitative estimate of drug-likeness (QED) is 0.584. The number of hydrogen-bond donors (Lipinski definition) is 2. The van der Waals surface area contributed by atoms with E-state index < -0.39 is 0 Å². The molecule has 2 N–H and O–H groups in total. The van der Waals surface area contributed by atoms with Gasteiger partial charge in [-0.2, -0.15) is 0 Å². The number of aromatic nitrogens is 4. The van der Waals surface area contributed by atoms with Crippen LogP contribution in [0.4, 0.5) is 0 Å². The molecule has 2 aromatic heterocycles. The number of nitrogens with one attached hydrogen (secondary N) is 2. The lowest BCUT2D eigenvalue weighted by atomic mass is 10.2. The average Bonchev–Trinajstić information content (AvgIpc) is 3.14. The van der Waals surface area contributed by atoms with Gasteiger partial charge in [-0.15, -0.1) is 22.0 Å². The summed E-state index contributed by atoms with van der Waals surface area (Å²) in [5.41, 5.74) is 0.849. The fraction of sp³-hybridized carbons (Fsp3) is 0.333. The number of benzene rings is 1. The molecule has 0 saturated heterocycles. The minimum atomic E-state index is -0.299. The molecule has 1 atom stereocenters. The molecule has 1 amide bonds. The van der Waals surface area contributed by atoms with Crippen molar-refractivity contribution < 1.29 is 14.3 Å². The predicted molar refractivity (Wildman–Crippen MR) is 106 cm³/mol. The molecule has 0 aliphatic rings. The van der Waals surface area contributed by atoms with Gasteiger partial charge in [0.25, 0.3) is 5.56 Å². The van der Waals surface area contributed by atoms with E-state index in [1.165, 1.54) is 18.0 Å². The Kier molecular flexibility index (Phi) is 6.19. The zero-order valence-electron chi connectivity index (χ0n) is 15.8. The van der Waals surface area contributed by atoms with E-state index >= 15 is 0 Å². The first-order valence-electron chi connectivity index (χ1n) is 8.55. The number of methoxy groups -OCH3 is 2. The zero-order chi connectivity index (χ0) is 20.1. The van der Waals surface area contributed by atoms with Gasteiger partial charge in [0.2, 0.25) is 11.6 Å². The third-order valence-electron chi connectivity index (χ3n) is 4.15. The molecule has 0 bridgehead atoms. The summed E-state index contributed by atoms with van der Waals surface area (Å²) in [6.45, 7) is 2.21. The highest BCUT2D eigenvalue weighted by atomic mass is 32.2. The summed E-state index contributed by atoms with van der Waals surface area (Å²) in [5.74, 6) is 2.23. The van der Waals surface area contributed by atoms with Crippen LogP contribution in [0, 0.1) is 0 Å². The Labute approximate surface area is 165 Å². The second kappa shape index (κ2) is 8.79. The summed E-state index contributed by atoms with van der Waals surface area (Å²) in [5, 5.41) is 10.5. The van der Waals surface area contributed by atoms with Gasteiger partial charge in [0, 0.05) is 18.9 Å². The Morgan fingerprint density at radius 2 is 2.07 bits per heavy atom. The molecule has 0 aliphatic heterocycles. The number of amides is 1. The van der Waals surface area contributed by atoms with Crippen LogP contribution in [0.1, 0.15) is 18.3 Å². The van der Waals surface area contributed by atoms with E-state index in [4.69, 9.17) is 9.47 Å². The fourth-order valence-corrected chi connectivity index (χ4v) is 3.41. The number of fused-ring (bicyclic) bond motifs is 1. The van der Waals surface area contributed by atoms with Crippen molar-refractivity contribution in [3.05, 3.63) is 52.3 Å². The van der Waals surface area contributed by atoms with E-state index in [2.05, 4.69) is 20.5 Å². The van der Waals surface area contributed by atoms with E-state index in [9.17, 15) is 9.59 Å². The number of thioether (sulfide) groups is 1.